The monoisotopic (exact) mass is 297 g/mol. The summed E-state index contributed by atoms with van der Waals surface area (Å²) in [4.78, 5) is 12.1. The molecule has 3 N–H and O–H groups in total. The molecule has 0 aliphatic heterocycles. The van der Waals surface area contributed by atoms with Crippen LogP contribution in [0.4, 0.5) is 18.9 Å². The van der Waals surface area contributed by atoms with Gasteiger partial charge in [-0.05, 0) is 12.8 Å². The summed E-state index contributed by atoms with van der Waals surface area (Å²) in [7, 11) is 0. The number of benzene rings is 1. The van der Waals surface area contributed by atoms with E-state index < -0.39 is 23.0 Å². The van der Waals surface area contributed by atoms with Gasteiger partial charge in [0.1, 0.15) is 11.4 Å². The molecule has 7 heteroatoms. The standard InChI is InChI=1S/C14H14F3N3O/c15-8-5-10(17)11(6-9(8)16)20-14(21)12(18)13(19-20)7-3-1-2-4-7/h5-7,19H,1-4,18H2. The molecule has 0 atom stereocenters. The Morgan fingerprint density at radius 2 is 1.71 bits per heavy atom. The average Bonchev–Trinajstić information content (AvgIpc) is 3.05. The highest BCUT2D eigenvalue weighted by atomic mass is 19.2. The molecule has 0 radical (unpaired) electrons. The van der Waals surface area contributed by atoms with E-state index in [4.69, 9.17) is 5.73 Å². The molecule has 1 aliphatic rings. The van der Waals surface area contributed by atoms with E-state index in [2.05, 4.69) is 5.10 Å². The number of anilines is 1. The molecule has 0 bridgehead atoms. The molecule has 1 aromatic carbocycles. The number of rotatable bonds is 2. The first-order chi connectivity index (χ1) is 9.99. The zero-order valence-electron chi connectivity index (χ0n) is 11.1. The van der Waals surface area contributed by atoms with Crippen LogP contribution in [-0.4, -0.2) is 9.78 Å². The minimum atomic E-state index is -1.31. The van der Waals surface area contributed by atoms with E-state index in [0.717, 1.165) is 30.4 Å². The first kappa shape index (κ1) is 13.8. The quantitative estimate of drug-likeness (QED) is 0.837. The molecule has 0 unspecified atom stereocenters. The first-order valence-electron chi connectivity index (χ1n) is 6.74. The highest BCUT2D eigenvalue weighted by Crippen LogP contribution is 2.35. The van der Waals surface area contributed by atoms with Crippen molar-refractivity contribution in [3.05, 3.63) is 45.6 Å². The van der Waals surface area contributed by atoms with E-state index in [1.54, 1.807) is 0 Å². The lowest BCUT2D eigenvalue weighted by molar-refractivity contribution is 0.490. The smallest absolute Gasteiger partial charge is 0.294 e. The van der Waals surface area contributed by atoms with E-state index in [0.29, 0.717) is 17.8 Å². The van der Waals surface area contributed by atoms with Crippen LogP contribution in [0.3, 0.4) is 0 Å². The molecule has 4 nitrogen and oxygen atoms in total. The average molecular weight is 297 g/mol. The molecule has 1 fully saturated rings. The Morgan fingerprint density at radius 1 is 1.10 bits per heavy atom. The minimum Gasteiger partial charge on any atom is -0.393 e. The molecule has 1 saturated carbocycles. The van der Waals surface area contributed by atoms with E-state index >= 15 is 0 Å². The van der Waals surface area contributed by atoms with Gasteiger partial charge in [0.05, 0.1) is 5.69 Å². The molecular formula is C14H14F3N3O. The number of hydrogen-bond donors (Lipinski definition) is 2. The number of aromatic amines is 1. The SMILES string of the molecule is Nc1c(C2CCCC2)[nH]n(-c2cc(F)c(F)cc2F)c1=O. The molecule has 3 rings (SSSR count). The molecule has 0 spiro atoms. The number of nitrogens with zero attached hydrogens (tertiary/aromatic N) is 1. The fraction of sp³-hybridized carbons (Fsp3) is 0.357. The van der Waals surface area contributed by atoms with Crippen molar-refractivity contribution in [2.24, 2.45) is 0 Å². The Balaban J connectivity index is 2.13. The lowest BCUT2D eigenvalue weighted by atomic mass is 10.0. The van der Waals surface area contributed by atoms with Crippen molar-refractivity contribution in [3.63, 3.8) is 0 Å². The summed E-state index contributed by atoms with van der Waals surface area (Å²) in [5.41, 5.74) is 5.30. The van der Waals surface area contributed by atoms with Crippen LogP contribution < -0.4 is 11.3 Å². The second kappa shape index (κ2) is 4.98. The molecule has 112 valence electrons. The van der Waals surface area contributed by atoms with Crippen LogP contribution in [0.25, 0.3) is 5.69 Å². The second-order valence-corrected chi connectivity index (χ2v) is 5.28. The summed E-state index contributed by atoms with van der Waals surface area (Å²) in [6.45, 7) is 0. The van der Waals surface area contributed by atoms with Crippen molar-refractivity contribution in [2.75, 3.05) is 5.73 Å². The summed E-state index contributed by atoms with van der Waals surface area (Å²) < 4.78 is 40.9. The van der Waals surface area contributed by atoms with Gasteiger partial charge in [0.15, 0.2) is 17.5 Å². The van der Waals surface area contributed by atoms with Crippen molar-refractivity contribution in [3.8, 4) is 5.69 Å². The van der Waals surface area contributed by atoms with Gasteiger partial charge in [-0.1, -0.05) is 12.8 Å². The van der Waals surface area contributed by atoms with E-state index in [9.17, 15) is 18.0 Å². The van der Waals surface area contributed by atoms with Gasteiger partial charge in [0.25, 0.3) is 5.56 Å². The lowest BCUT2D eigenvalue weighted by Gasteiger charge is -2.08. The van der Waals surface area contributed by atoms with Gasteiger partial charge in [-0.25, -0.2) is 17.9 Å². The van der Waals surface area contributed by atoms with E-state index in [1.807, 2.05) is 0 Å². The maximum atomic E-state index is 13.8. The Kier molecular flexibility index (Phi) is 3.27. The maximum absolute atomic E-state index is 13.8. The Labute approximate surface area is 118 Å². The van der Waals surface area contributed by atoms with Gasteiger partial charge in [0.2, 0.25) is 0 Å². The van der Waals surface area contributed by atoms with Crippen LogP contribution in [0, 0.1) is 17.5 Å². The maximum Gasteiger partial charge on any atom is 0.294 e. The predicted molar refractivity (Wildman–Crippen MR) is 71.9 cm³/mol. The summed E-state index contributed by atoms with van der Waals surface area (Å²) >= 11 is 0. The van der Waals surface area contributed by atoms with Crippen LogP contribution in [0.2, 0.25) is 0 Å². The number of aromatic nitrogens is 2. The van der Waals surface area contributed by atoms with Gasteiger partial charge < -0.3 is 5.73 Å². The summed E-state index contributed by atoms with van der Waals surface area (Å²) in [6.07, 6.45) is 3.86. The van der Waals surface area contributed by atoms with Crippen molar-refractivity contribution >= 4 is 5.69 Å². The van der Waals surface area contributed by atoms with Crippen LogP contribution >= 0.6 is 0 Å². The summed E-state index contributed by atoms with van der Waals surface area (Å²) in [5, 5.41) is 2.75. The highest BCUT2D eigenvalue weighted by Gasteiger charge is 2.25. The van der Waals surface area contributed by atoms with Gasteiger partial charge in [-0.15, -0.1) is 0 Å². The third-order valence-corrected chi connectivity index (χ3v) is 3.95. The Hall–Kier alpha value is -2.18. The van der Waals surface area contributed by atoms with E-state index in [1.165, 1.54) is 0 Å². The predicted octanol–water partition coefficient (Wildman–Crippen LogP) is 2.82. The fourth-order valence-corrected chi connectivity index (χ4v) is 2.85. The first-order valence-corrected chi connectivity index (χ1v) is 6.74. The van der Waals surface area contributed by atoms with Gasteiger partial charge >= 0.3 is 0 Å². The van der Waals surface area contributed by atoms with Gasteiger partial charge in [-0.2, -0.15) is 0 Å². The number of nitrogens with two attached hydrogens (primary N) is 1. The molecule has 21 heavy (non-hydrogen) atoms. The van der Waals surface area contributed by atoms with Crippen LogP contribution in [0.15, 0.2) is 16.9 Å². The van der Waals surface area contributed by atoms with Crippen LogP contribution in [0.1, 0.15) is 37.3 Å². The highest BCUT2D eigenvalue weighted by molar-refractivity contribution is 5.47. The number of nitrogen functional groups attached to an aromatic ring is 1. The summed E-state index contributed by atoms with van der Waals surface area (Å²) in [6, 6.07) is 1.05. The van der Waals surface area contributed by atoms with Crippen LogP contribution in [0.5, 0.6) is 0 Å². The molecular weight excluding hydrogens is 283 g/mol. The normalized spacial score (nSPS) is 15.8. The van der Waals surface area contributed by atoms with Crippen LogP contribution in [-0.2, 0) is 0 Å². The molecule has 2 aromatic rings. The van der Waals surface area contributed by atoms with Crippen molar-refractivity contribution < 1.29 is 13.2 Å². The lowest BCUT2D eigenvalue weighted by Crippen LogP contribution is -2.18. The largest absolute Gasteiger partial charge is 0.393 e. The zero-order chi connectivity index (χ0) is 15.1. The Bertz CT molecular complexity index is 745. The van der Waals surface area contributed by atoms with Gasteiger partial charge in [-0.3, -0.25) is 9.89 Å². The fourth-order valence-electron chi connectivity index (χ4n) is 2.85. The number of halogens is 3. The molecule has 1 aliphatic carbocycles. The van der Waals surface area contributed by atoms with Crippen molar-refractivity contribution in [2.45, 2.75) is 31.6 Å². The third kappa shape index (κ3) is 2.22. The topological polar surface area (TPSA) is 63.8 Å². The molecule has 1 aromatic heterocycles. The zero-order valence-corrected chi connectivity index (χ0v) is 11.1. The summed E-state index contributed by atoms with van der Waals surface area (Å²) in [5.74, 6) is -3.45. The number of nitrogens with one attached hydrogen (secondary N) is 1. The molecule has 0 saturated heterocycles. The third-order valence-electron chi connectivity index (χ3n) is 3.95. The number of H-pyrrole nitrogens is 1. The van der Waals surface area contributed by atoms with E-state index in [-0.39, 0.29) is 17.3 Å². The second-order valence-electron chi connectivity index (χ2n) is 5.28. The minimum absolute atomic E-state index is 0.00559. The Morgan fingerprint density at radius 3 is 2.38 bits per heavy atom. The molecule has 1 heterocycles. The van der Waals surface area contributed by atoms with Gasteiger partial charge in [0, 0.05) is 18.1 Å². The molecule has 0 amide bonds. The van der Waals surface area contributed by atoms with Crippen molar-refractivity contribution in [1.82, 2.24) is 9.78 Å². The number of hydrogen-bond acceptors (Lipinski definition) is 2. The van der Waals surface area contributed by atoms with Crippen molar-refractivity contribution in [1.29, 1.82) is 0 Å².